The van der Waals surface area contributed by atoms with Crippen LogP contribution in [0.2, 0.25) is 0 Å². The zero-order valence-corrected chi connectivity index (χ0v) is 27.7. The van der Waals surface area contributed by atoms with Gasteiger partial charge in [-0.2, -0.15) is 0 Å². The standard InChI is InChI=1S/C37H38N2O8S/c1-3-45-37-26(14-16-43-18-19-44-17-15-40)28(29-22-46-31-7-5-4-6-27(31)34(29)41)21-32(47-37)35(42)38-25-11-9-24(10-12-25)36-39-30-13-8-23(2)20-33(30)48-36/h4-13,20-22,26,28,37,40H,3,14-19H2,1-2H3,(H,38,42)/t26-,28-,37+/m1/s1. The Morgan fingerprint density at radius 2 is 1.81 bits per heavy atom. The lowest BCUT2D eigenvalue weighted by Gasteiger charge is -2.36. The summed E-state index contributed by atoms with van der Waals surface area (Å²) < 4.78 is 30.3. The van der Waals surface area contributed by atoms with Crippen LogP contribution in [0.4, 0.5) is 5.69 Å². The maximum atomic E-state index is 13.8. The van der Waals surface area contributed by atoms with Crippen LogP contribution < -0.4 is 10.7 Å². The predicted molar refractivity (Wildman–Crippen MR) is 185 cm³/mol. The molecule has 0 saturated carbocycles. The van der Waals surface area contributed by atoms with Gasteiger partial charge in [0.2, 0.25) is 6.29 Å². The second-order valence-corrected chi connectivity index (χ2v) is 12.5. The number of amides is 1. The number of rotatable bonds is 14. The van der Waals surface area contributed by atoms with Crippen molar-refractivity contribution in [3.63, 3.8) is 0 Å². The number of thiazole rings is 1. The third-order valence-electron chi connectivity index (χ3n) is 8.14. The lowest BCUT2D eigenvalue weighted by atomic mass is 9.81. The predicted octanol–water partition coefficient (Wildman–Crippen LogP) is 6.41. The number of fused-ring (bicyclic) bond motifs is 2. The fourth-order valence-electron chi connectivity index (χ4n) is 5.77. The van der Waals surface area contributed by atoms with E-state index in [1.807, 2.05) is 49.4 Å². The number of aryl methyl sites for hydroxylation is 1. The van der Waals surface area contributed by atoms with Crippen LogP contribution in [0.1, 0.15) is 30.4 Å². The molecular formula is C37H38N2O8S. The van der Waals surface area contributed by atoms with Crippen molar-refractivity contribution < 1.29 is 33.3 Å². The van der Waals surface area contributed by atoms with E-state index in [4.69, 9.17) is 33.5 Å². The number of nitrogens with one attached hydrogen (secondary N) is 1. The second-order valence-electron chi connectivity index (χ2n) is 11.4. The van der Waals surface area contributed by atoms with Crippen molar-refractivity contribution in [1.82, 2.24) is 4.98 Å². The highest BCUT2D eigenvalue weighted by Gasteiger charge is 2.39. The van der Waals surface area contributed by atoms with E-state index in [1.165, 1.54) is 11.8 Å². The summed E-state index contributed by atoms with van der Waals surface area (Å²) in [6, 6.07) is 20.8. The molecule has 48 heavy (non-hydrogen) atoms. The number of aliphatic hydroxyl groups is 1. The van der Waals surface area contributed by atoms with Gasteiger partial charge >= 0.3 is 0 Å². The molecule has 5 aromatic rings. The third-order valence-corrected chi connectivity index (χ3v) is 9.21. The molecule has 3 heterocycles. The first-order valence-electron chi connectivity index (χ1n) is 16.0. The van der Waals surface area contributed by atoms with E-state index in [2.05, 4.69) is 18.3 Å². The molecule has 3 aromatic carbocycles. The number of benzene rings is 3. The van der Waals surface area contributed by atoms with Gasteiger partial charge in [0.05, 0.1) is 48.3 Å². The molecule has 11 heteroatoms. The van der Waals surface area contributed by atoms with Crippen molar-refractivity contribution in [1.29, 1.82) is 0 Å². The van der Waals surface area contributed by atoms with E-state index in [9.17, 15) is 9.59 Å². The molecule has 1 aliphatic heterocycles. The fourth-order valence-corrected chi connectivity index (χ4v) is 6.84. The van der Waals surface area contributed by atoms with E-state index >= 15 is 0 Å². The summed E-state index contributed by atoms with van der Waals surface area (Å²) in [6.45, 7) is 5.46. The monoisotopic (exact) mass is 670 g/mol. The zero-order valence-electron chi connectivity index (χ0n) is 26.8. The molecule has 1 amide bonds. The van der Waals surface area contributed by atoms with Crippen LogP contribution in [-0.2, 0) is 23.7 Å². The highest BCUT2D eigenvalue weighted by Crippen LogP contribution is 2.39. The molecule has 0 spiro atoms. The topological polar surface area (TPSA) is 129 Å². The SMILES string of the molecule is CCO[C@H]1OC(C(=O)Nc2ccc(-c3nc4ccc(C)cc4s3)cc2)=C[C@@H](c2coc3ccccc3c2=O)[C@H]1CCOCCOCCO. The smallest absolute Gasteiger partial charge is 0.290 e. The summed E-state index contributed by atoms with van der Waals surface area (Å²) >= 11 is 1.62. The summed E-state index contributed by atoms with van der Waals surface area (Å²) in [5, 5.41) is 13.2. The number of carbonyl (C=O) groups is 1. The van der Waals surface area contributed by atoms with Crippen molar-refractivity contribution >= 4 is 44.1 Å². The molecule has 0 bridgehead atoms. The largest absolute Gasteiger partial charge is 0.464 e. The van der Waals surface area contributed by atoms with Gasteiger partial charge in [0.25, 0.3) is 5.91 Å². The summed E-state index contributed by atoms with van der Waals surface area (Å²) in [5.41, 5.74) is 4.37. The Kier molecular flexibility index (Phi) is 10.9. The number of carbonyl (C=O) groups excluding carboxylic acids is 1. The number of aliphatic hydroxyl groups excluding tert-OH is 1. The minimum Gasteiger partial charge on any atom is -0.464 e. The summed E-state index contributed by atoms with van der Waals surface area (Å²) in [7, 11) is 0. The van der Waals surface area contributed by atoms with Gasteiger partial charge in [0, 0.05) is 41.9 Å². The van der Waals surface area contributed by atoms with Crippen LogP contribution in [0.15, 0.2) is 94.0 Å². The number of hydrogen-bond donors (Lipinski definition) is 2. The molecule has 0 fully saturated rings. The van der Waals surface area contributed by atoms with Crippen LogP contribution in [0.3, 0.4) is 0 Å². The van der Waals surface area contributed by atoms with Gasteiger partial charge in [-0.15, -0.1) is 11.3 Å². The molecule has 6 rings (SSSR count). The minimum absolute atomic E-state index is 0.0474. The Labute approximate surface area is 281 Å². The summed E-state index contributed by atoms with van der Waals surface area (Å²) in [6.07, 6.45) is 2.79. The maximum Gasteiger partial charge on any atom is 0.290 e. The van der Waals surface area contributed by atoms with Crippen molar-refractivity contribution in [2.45, 2.75) is 32.5 Å². The summed E-state index contributed by atoms with van der Waals surface area (Å²) in [4.78, 5) is 32.2. The zero-order chi connectivity index (χ0) is 33.5. The van der Waals surface area contributed by atoms with Crippen LogP contribution >= 0.6 is 11.3 Å². The van der Waals surface area contributed by atoms with Gasteiger partial charge in [-0.25, -0.2) is 4.98 Å². The first-order valence-corrected chi connectivity index (χ1v) is 16.8. The Morgan fingerprint density at radius 3 is 2.60 bits per heavy atom. The molecule has 0 radical (unpaired) electrons. The third kappa shape index (κ3) is 7.67. The minimum atomic E-state index is -0.823. The number of hydrogen-bond acceptors (Lipinski definition) is 10. The quantitative estimate of drug-likeness (QED) is 0.129. The van der Waals surface area contributed by atoms with Gasteiger partial charge in [0.1, 0.15) is 10.6 Å². The lowest BCUT2D eigenvalue weighted by molar-refractivity contribution is -0.166. The highest BCUT2D eigenvalue weighted by molar-refractivity contribution is 7.21. The normalized spacial score (nSPS) is 17.7. The van der Waals surface area contributed by atoms with Crippen LogP contribution in [0.25, 0.3) is 31.8 Å². The summed E-state index contributed by atoms with van der Waals surface area (Å²) in [5.74, 6) is -1.34. The van der Waals surface area contributed by atoms with Crippen molar-refractivity contribution in [2.24, 2.45) is 5.92 Å². The first kappa shape index (κ1) is 33.5. The average Bonchev–Trinajstić information content (AvgIpc) is 3.52. The number of para-hydroxylation sites is 1. The number of nitrogens with zero attached hydrogens (tertiary/aromatic N) is 1. The van der Waals surface area contributed by atoms with E-state index in [-0.39, 0.29) is 30.3 Å². The lowest BCUT2D eigenvalue weighted by Crippen LogP contribution is -2.39. The molecule has 0 aliphatic carbocycles. The second kappa shape index (κ2) is 15.7. The van der Waals surface area contributed by atoms with E-state index in [0.717, 1.165) is 20.8 Å². The van der Waals surface area contributed by atoms with Crippen molar-refractivity contribution in [3.8, 4) is 10.6 Å². The Morgan fingerprint density at radius 1 is 1.02 bits per heavy atom. The Bertz CT molecular complexity index is 1950. The van der Waals surface area contributed by atoms with Crippen molar-refractivity contribution in [2.75, 3.05) is 45.0 Å². The molecule has 0 saturated heterocycles. The maximum absolute atomic E-state index is 13.8. The number of allylic oxidation sites excluding steroid dienone is 1. The number of anilines is 1. The molecule has 3 atom stereocenters. The fraction of sp³-hybridized carbons (Fsp3) is 0.324. The Hall–Kier alpha value is -4.39. The number of aromatic nitrogens is 1. The first-order chi connectivity index (χ1) is 23.4. The van der Waals surface area contributed by atoms with Gasteiger partial charge < -0.3 is 33.8 Å². The van der Waals surface area contributed by atoms with Crippen LogP contribution in [0, 0.1) is 12.8 Å². The molecule has 1 aliphatic rings. The molecule has 0 unspecified atom stereocenters. The Balaban J connectivity index is 1.24. The molecule has 2 aromatic heterocycles. The van der Waals surface area contributed by atoms with E-state index in [1.54, 1.807) is 35.6 Å². The van der Waals surface area contributed by atoms with Crippen LogP contribution in [0.5, 0.6) is 0 Å². The molecule has 250 valence electrons. The van der Waals surface area contributed by atoms with Gasteiger partial charge in [-0.1, -0.05) is 18.2 Å². The van der Waals surface area contributed by atoms with Gasteiger partial charge in [-0.3, -0.25) is 9.59 Å². The molecule has 10 nitrogen and oxygen atoms in total. The van der Waals surface area contributed by atoms with Gasteiger partial charge in [-0.05, 0) is 80.4 Å². The van der Waals surface area contributed by atoms with E-state index < -0.39 is 18.1 Å². The highest BCUT2D eigenvalue weighted by atomic mass is 32.1. The number of ether oxygens (including phenoxy) is 4. The molecular weight excluding hydrogens is 632 g/mol. The average molecular weight is 671 g/mol. The van der Waals surface area contributed by atoms with E-state index in [0.29, 0.717) is 55.1 Å². The van der Waals surface area contributed by atoms with Gasteiger partial charge in [0.15, 0.2) is 11.2 Å². The van der Waals surface area contributed by atoms with Crippen molar-refractivity contribution in [3.05, 3.63) is 106 Å². The van der Waals surface area contributed by atoms with Crippen LogP contribution in [-0.4, -0.2) is 61.9 Å². The molecule has 2 N–H and O–H groups in total.